The number of fused-ring (bicyclic) bond motifs is 5. The van der Waals surface area contributed by atoms with Gasteiger partial charge in [-0.2, -0.15) is 10.2 Å². The summed E-state index contributed by atoms with van der Waals surface area (Å²) in [5.74, 6) is 2.11. The van der Waals surface area contributed by atoms with Crippen molar-refractivity contribution in [1.82, 2.24) is 10.9 Å². The topological polar surface area (TPSA) is 118 Å². The molecule has 7 nitrogen and oxygen atoms in total. The van der Waals surface area contributed by atoms with Crippen LogP contribution >= 0.6 is 12.2 Å². The fraction of sp³-hybridized carbons (Fsp3) is 0.714. The Morgan fingerprint density at radius 2 is 1.79 bits per heavy atom. The second-order valence-electron chi connectivity index (χ2n) is 9.61. The summed E-state index contributed by atoms with van der Waals surface area (Å²) < 4.78 is 0. The van der Waals surface area contributed by atoms with Crippen LogP contribution in [0.2, 0.25) is 0 Å². The summed E-state index contributed by atoms with van der Waals surface area (Å²) in [6, 6.07) is -0.608. The molecule has 29 heavy (non-hydrogen) atoms. The molecule has 0 saturated heterocycles. The SMILES string of the molecule is C[C@]12CC/C(=N/NC(N)=O)C=C1CC[C@@H]1[C@H]2CC[C@]2(C)/C(=N/NC(N)=S)CC[C@H]12. The highest BCUT2D eigenvalue weighted by Gasteiger charge is 2.58. The lowest BCUT2D eigenvalue weighted by atomic mass is 9.47. The van der Waals surface area contributed by atoms with E-state index in [0.29, 0.717) is 11.8 Å². The Morgan fingerprint density at radius 1 is 1.03 bits per heavy atom. The zero-order chi connectivity index (χ0) is 20.8. The highest BCUT2D eigenvalue weighted by Crippen LogP contribution is 2.64. The number of rotatable bonds is 2. The highest BCUT2D eigenvalue weighted by molar-refractivity contribution is 7.80. The van der Waals surface area contributed by atoms with Crippen LogP contribution in [0, 0.1) is 28.6 Å². The van der Waals surface area contributed by atoms with E-state index in [1.165, 1.54) is 37.0 Å². The summed E-state index contributed by atoms with van der Waals surface area (Å²) in [5.41, 5.74) is 20.0. The number of carbonyl (C=O) groups excluding carboxylic acids is 1. The van der Waals surface area contributed by atoms with Gasteiger partial charge in [0.2, 0.25) is 0 Å². The van der Waals surface area contributed by atoms with Gasteiger partial charge in [-0.25, -0.2) is 10.2 Å². The number of hydrazone groups is 2. The largest absolute Gasteiger partial charge is 0.375 e. The van der Waals surface area contributed by atoms with Gasteiger partial charge in [0.05, 0.1) is 5.71 Å². The van der Waals surface area contributed by atoms with Gasteiger partial charge in [0, 0.05) is 11.1 Å². The third-order valence-corrected chi connectivity index (χ3v) is 8.42. The van der Waals surface area contributed by atoms with E-state index in [1.54, 1.807) is 0 Å². The van der Waals surface area contributed by atoms with E-state index >= 15 is 0 Å². The lowest BCUT2D eigenvalue weighted by molar-refractivity contribution is -0.0155. The fourth-order valence-electron chi connectivity index (χ4n) is 6.88. The minimum absolute atomic E-state index is 0.156. The Bertz CT molecular complexity index is 820. The summed E-state index contributed by atoms with van der Waals surface area (Å²) in [5, 5.41) is 9.02. The molecule has 0 aliphatic heterocycles. The number of amides is 2. The van der Waals surface area contributed by atoms with Crippen LogP contribution in [0.15, 0.2) is 21.9 Å². The molecule has 3 saturated carbocycles. The van der Waals surface area contributed by atoms with E-state index in [1.807, 2.05) is 0 Å². The Kier molecular flexibility index (Phi) is 5.17. The molecule has 4 aliphatic carbocycles. The first-order valence-corrected chi connectivity index (χ1v) is 11.1. The molecular weight excluding hydrogens is 384 g/mol. The smallest absolute Gasteiger partial charge is 0.332 e. The number of hydrogen-bond donors (Lipinski definition) is 4. The van der Waals surface area contributed by atoms with Crippen molar-refractivity contribution in [2.75, 3.05) is 0 Å². The summed E-state index contributed by atoms with van der Waals surface area (Å²) in [4.78, 5) is 11.0. The summed E-state index contributed by atoms with van der Waals surface area (Å²) in [6.45, 7) is 4.85. The number of allylic oxidation sites excluding steroid dienone is 2. The number of nitrogens with zero attached hydrogens (tertiary/aromatic N) is 2. The second-order valence-corrected chi connectivity index (χ2v) is 10.1. The first kappa shape index (κ1) is 20.3. The Hall–Kier alpha value is -1.96. The summed E-state index contributed by atoms with van der Waals surface area (Å²) >= 11 is 4.94. The number of nitrogens with one attached hydrogen (secondary N) is 2. The average Bonchev–Trinajstić information content (AvgIpc) is 3.01. The average molecular weight is 417 g/mol. The van der Waals surface area contributed by atoms with Gasteiger partial charge in [-0.15, -0.1) is 0 Å². The third-order valence-electron chi connectivity index (χ3n) is 8.33. The van der Waals surface area contributed by atoms with E-state index in [9.17, 15) is 4.79 Å². The van der Waals surface area contributed by atoms with Crippen LogP contribution in [0.25, 0.3) is 0 Å². The Labute approximate surface area is 177 Å². The zero-order valence-corrected chi connectivity index (χ0v) is 18.1. The van der Waals surface area contributed by atoms with Crippen LogP contribution in [0.1, 0.15) is 65.2 Å². The molecule has 0 aromatic rings. The van der Waals surface area contributed by atoms with Gasteiger partial charge >= 0.3 is 6.03 Å². The molecule has 0 aromatic heterocycles. The molecule has 2 amide bonds. The molecule has 6 N–H and O–H groups in total. The number of carbonyl (C=O) groups is 1. The maximum Gasteiger partial charge on any atom is 0.332 e. The predicted molar refractivity (Wildman–Crippen MR) is 119 cm³/mol. The normalized spacial score (nSPS) is 41.2. The van der Waals surface area contributed by atoms with Crippen molar-refractivity contribution in [2.45, 2.75) is 65.2 Å². The predicted octanol–water partition coefficient (Wildman–Crippen LogP) is 3.16. The second kappa shape index (κ2) is 7.38. The lowest BCUT2D eigenvalue weighted by Crippen LogP contribution is -2.50. The standard InChI is InChI=1S/C21H32N6OS/c1-20-9-7-13(24-26-18(22)28)11-12(20)3-4-14-15-5-6-17(25-27-19(23)29)21(15,2)10-8-16(14)20/h11,14-16H,3-10H2,1-2H3,(H3,22,26,28)(H3,23,27,29)/b24-13-,25-17+/t14-,15+,16+,20-,21-/m0/s1. The van der Waals surface area contributed by atoms with Crippen LogP contribution in [0.5, 0.6) is 0 Å². The van der Waals surface area contributed by atoms with Crippen molar-refractivity contribution in [1.29, 1.82) is 0 Å². The van der Waals surface area contributed by atoms with Gasteiger partial charge in [0.25, 0.3) is 0 Å². The molecule has 0 aromatic carbocycles. The van der Waals surface area contributed by atoms with Crippen molar-refractivity contribution in [3.05, 3.63) is 11.6 Å². The van der Waals surface area contributed by atoms with Gasteiger partial charge < -0.3 is 11.5 Å². The molecular formula is C21H32N6OS. The minimum Gasteiger partial charge on any atom is -0.375 e. The van der Waals surface area contributed by atoms with Gasteiger partial charge in [0.1, 0.15) is 0 Å². The van der Waals surface area contributed by atoms with Gasteiger partial charge in [-0.05, 0) is 92.8 Å². The van der Waals surface area contributed by atoms with Crippen molar-refractivity contribution >= 4 is 34.8 Å². The maximum absolute atomic E-state index is 11.0. The molecule has 0 unspecified atom stereocenters. The molecule has 158 valence electrons. The third kappa shape index (κ3) is 3.45. The van der Waals surface area contributed by atoms with Crippen molar-refractivity contribution in [3.63, 3.8) is 0 Å². The number of thiocarbonyl (C=S) groups is 1. The first-order valence-electron chi connectivity index (χ1n) is 10.7. The number of hydrogen-bond acceptors (Lipinski definition) is 4. The molecule has 0 heterocycles. The zero-order valence-electron chi connectivity index (χ0n) is 17.3. The molecule has 3 fully saturated rings. The van der Waals surface area contributed by atoms with E-state index in [0.717, 1.165) is 37.3 Å². The van der Waals surface area contributed by atoms with Crippen molar-refractivity contribution < 1.29 is 4.79 Å². The van der Waals surface area contributed by atoms with E-state index < -0.39 is 6.03 Å². The van der Waals surface area contributed by atoms with Crippen molar-refractivity contribution in [2.24, 2.45) is 50.3 Å². The Morgan fingerprint density at radius 3 is 2.52 bits per heavy atom. The van der Waals surface area contributed by atoms with Crippen LogP contribution in [-0.2, 0) is 0 Å². The number of nitrogens with two attached hydrogens (primary N) is 2. The fourth-order valence-corrected chi connectivity index (χ4v) is 6.93. The molecule has 4 rings (SSSR count). The van der Waals surface area contributed by atoms with Crippen LogP contribution in [0.3, 0.4) is 0 Å². The molecule has 0 spiro atoms. The van der Waals surface area contributed by atoms with E-state index in [2.05, 4.69) is 41.0 Å². The Balaban J connectivity index is 1.57. The molecule has 0 bridgehead atoms. The monoisotopic (exact) mass is 416 g/mol. The lowest BCUT2D eigenvalue weighted by Gasteiger charge is -2.57. The summed E-state index contributed by atoms with van der Waals surface area (Å²) in [7, 11) is 0. The van der Waals surface area contributed by atoms with Gasteiger partial charge in [-0.3, -0.25) is 5.43 Å². The number of urea groups is 1. The van der Waals surface area contributed by atoms with Crippen LogP contribution in [0.4, 0.5) is 4.79 Å². The first-order chi connectivity index (χ1) is 13.7. The van der Waals surface area contributed by atoms with Crippen LogP contribution in [-0.4, -0.2) is 22.6 Å². The molecule has 5 atom stereocenters. The highest BCUT2D eigenvalue weighted by atomic mass is 32.1. The minimum atomic E-state index is -0.608. The molecule has 4 aliphatic rings. The van der Waals surface area contributed by atoms with E-state index in [4.69, 9.17) is 23.7 Å². The maximum atomic E-state index is 11.0. The van der Waals surface area contributed by atoms with Gasteiger partial charge in [-0.1, -0.05) is 19.4 Å². The quantitative estimate of drug-likeness (QED) is 0.408. The van der Waals surface area contributed by atoms with Gasteiger partial charge in [0.15, 0.2) is 5.11 Å². The van der Waals surface area contributed by atoms with Crippen LogP contribution < -0.4 is 22.3 Å². The molecule has 8 heteroatoms. The summed E-state index contributed by atoms with van der Waals surface area (Å²) in [6.07, 6.45) is 11.2. The number of primary amides is 1. The van der Waals surface area contributed by atoms with Crippen molar-refractivity contribution in [3.8, 4) is 0 Å². The molecule has 0 radical (unpaired) electrons. The van der Waals surface area contributed by atoms with E-state index in [-0.39, 0.29) is 15.9 Å².